The van der Waals surface area contributed by atoms with Gasteiger partial charge in [-0.25, -0.2) is 0 Å². The number of ether oxygens (including phenoxy) is 1. The van der Waals surface area contributed by atoms with Crippen LogP contribution in [0.15, 0.2) is 72.8 Å². The van der Waals surface area contributed by atoms with Gasteiger partial charge in [0, 0.05) is 23.6 Å². The normalized spacial score (nSPS) is 10.3. The van der Waals surface area contributed by atoms with Gasteiger partial charge in [0.1, 0.15) is 5.75 Å². The Bertz CT molecular complexity index is 1010. The van der Waals surface area contributed by atoms with Crippen molar-refractivity contribution < 1.29 is 14.3 Å². The lowest BCUT2D eigenvalue weighted by Crippen LogP contribution is -2.28. The maximum absolute atomic E-state index is 12.4. The number of carbonyl (C=O) groups is 2. The van der Waals surface area contributed by atoms with E-state index in [0.29, 0.717) is 27.8 Å². The van der Waals surface area contributed by atoms with Crippen molar-refractivity contribution in [3.63, 3.8) is 0 Å². The Kier molecular flexibility index (Phi) is 6.87. The predicted octanol–water partition coefficient (Wildman–Crippen LogP) is 5.20. The summed E-state index contributed by atoms with van der Waals surface area (Å²) in [6, 6.07) is 21.6. The number of benzene rings is 3. The standard InChI is InChI=1S/C23H21ClN2O3/c1-16-7-5-6-10-19(16)23(28)25-14-13-22(27)26-20-15-17(24)11-12-21(20)29-18-8-3-2-4-9-18/h2-12,15H,13-14H2,1H3,(H,25,28)(H,26,27). The van der Waals surface area contributed by atoms with Crippen LogP contribution in [0.2, 0.25) is 5.02 Å². The molecule has 0 aliphatic rings. The second kappa shape index (κ2) is 9.75. The third kappa shape index (κ3) is 5.83. The zero-order valence-corrected chi connectivity index (χ0v) is 16.7. The molecule has 0 aromatic heterocycles. The molecule has 148 valence electrons. The second-order valence-electron chi connectivity index (χ2n) is 6.42. The maximum atomic E-state index is 12.4. The van der Waals surface area contributed by atoms with Crippen molar-refractivity contribution in [1.82, 2.24) is 5.32 Å². The zero-order valence-electron chi connectivity index (χ0n) is 15.9. The first kappa shape index (κ1) is 20.4. The molecule has 29 heavy (non-hydrogen) atoms. The molecule has 2 N–H and O–H groups in total. The summed E-state index contributed by atoms with van der Waals surface area (Å²) in [5.74, 6) is 0.677. The fourth-order valence-corrected chi connectivity index (χ4v) is 2.90. The van der Waals surface area contributed by atoms with Gasteiger partial charge in [-0.2, -0.15) is 0 Å². The Balaban J connectivity index is 1.58. The van der Waals surface area contributed by atoms with Gasteiger partial charge in [0.05, 0.1) is 5.69 Å². The van der Waals surface area contributed by atoms with Gasteiger partial charge in [0.25, 0.3) is 5.91 Å². The summed E-state index contributed by atoms with van der Waals surface area (Å²) in [5, 5.41) is 6.04. The number of amides is 2. The lowest BCUT2D eigenvalue weighted by molar-refractivity contribution is -0.116. The Hall–Kier alpha value is -3.31. The minimum Gasteiger partial charge on any atom is -0.455 e. The van der Waals surface area contributed by atoms with E-state index >= 15 is 0 Å². The van der Waals surface area contributed by atoms with Crippen LogP contribution in [0.1, 0.15) is 22.3 Å². The van der Waals surface area contributed by atoms with E-state index in [1.54, 1.807) is 24.3 Å². The van der Waals surface area contributed by atoms with Crippen LogP contribution in [0.4, 0.5) is 5.69 Å². The Morgan fingerprint density at radius 1 is 0.966 bits per heavy atom. The van der Waals surface area contributed by atoms with Crippen molar-refractivity contribution in [1.29, 1.82) is 0 Å². The highest BCUT2D eigenvalue weighted by Crippen LogP contribution is 2.32. The van der Waals surface area contributed by atoms with Gasteiger partial charge in [-0.3, -0.25) is 9.59 Å². The number of para-hydroxylation sites is 1. The van der Waals surface area contributed by atoms with Gasteiger partial charge in [-0.05, 0) is 48.9 Å². The molecule has 0 spiro atoms. The van der Waals surface area contributed by atoms with Crippen LogP contribution >= 0.6 is 11.6 Å². The molecule has 0 aliphatic carbocycles. The molecule has 0 saturated carbocycles. The molecule has 0 radical (unpaired) electrons. The van der Waals surface area contributed by atoms with Crippen LogP contribution in [0.3, 0.4) is 0 Å². The number of rotatable bonds is 7. The summed E-state index contributed by atoms with van der Waals surface area (Å²) in [7, 11) is 0. The fourth-order valence-electron chi connectivity index (χ4n) is 2.73. The number of aryl methyl sites for hydroxylation is 1. The van der Waals surface area contributed by atoms with E-state index in [2.05, 4.69) is 10.6 Å². The minimum atomic E-state index is -0.254. The first-order valence-electron chi connectivity index (χ1n) is 9.19. The number of nitrogens with one attached hydrogen (secondary N) is 2. The summed E-state index contributed by atoms with van der Waals surface area (Å²) < 4.78 is 5.84. The van der Waals surface area contributed by atoms with Gasteiger partial charge in [0.2, 0.25) is 5.91 Å². The molecule has 0 heterocycles. The molecular weight excluding hydrogens is 388 g/mol. The third-order valence-corrected chi connectivity index (χ3v) is 4.45. The van der Waals surface area contributed by atoms with Crippen molar-refractivity contribution in [3.8, 4) is 11.5 Å². The molecule has 0 bridgehead atoms. The van der Waals surface area contributed by atoms with E-state index in [9.17, 15) is 9.59 Å². The van der Waals surface area contributed by atoms with E-state index in [4.69, 9.17) is 16.3 Å². The van der Waals surface area contributed by atoms with Crippen molar-refractivity contribution >= 4 is 29.1 Å². The molecule has 3 aromatic rings. The number of hydrogen-bond donors (Lipinski definition) is 2. The molecule has 3 rings (SSSR count). The average molecular weight is 409 g/mol. The molecule has 5 nitrogen and oxygen atoms in total. The Morgan fingerprint density at radius 2 is 1.69 bits per heavy atom. The highest BCUT2D eigenvalue weighted by atomic mass is 35.5. The van der Waals surface area contributed by atoms with E-state index in [-0.39, 0.29) is 24.8 Å². The lowest BCUT2D eigenvalue weighted by Gasteiger charge is -2.13. The first-order valence-corrected chi connectivity index (χ1v) is 9.57. The molecule has 0 atom stereocenters. The molecule has 2 amide bonds. The Morgan fingerprint density at radius 3 is 2.45 bits per heavy atom. The highest BCUT2D eigenvalue weighted by molar-refractivity contribution is 6.31. The van der Waals surface area contributed by atoms with Gasteiger partial charge in [-0.1, -0.05) is 48.0 Å². The largest absolute Gasteiger partial charge is 0.455 e. The second-order valence-corrected chi connectivity index (χ2v) is 6.86. The monoisotopic (exact) mass is 408 g/mol. The highest BCUT2D eigenvalue weighted by Gasteiger charge is 2.12. The van der Waals surface area contributed by atoms with Crippen LogP contribution < -0.4 is 15.4 Å². The summed E-state index contributed by atoms with van der Waals surface area (Å²) in [4.78, 5) is 24.6. The van der Waals surface area contributed by atoms with Gasteiger partial charge < -0.3 is 15.4 Å². The van der Waals surface area contributed by atoms with E-state index < -0.39 is 0 Å². The van der Waals surface area contributed by atoms with Crippen LogP contribution in [0, 0.1) is 6.92 Å². The Labute approximate surface area is 174 Å². The summed E-state index contributed by atoms with van der Waals surface area (Å²) in [6.45, 7) is 2.09. The quantitative estimate of drug-likeness (QED) is 0.564. The summed E-state index contributed by atoms with van der Waals surface area (Å²) in [6.07, 6.45) is 0.120. The van der Waals surface area contributed by atoms with Crippen molar-refractivity contribution in [2.75, 3.05) is 11.9 Å². The van der Waals surface area contributed by atoms with Crippen LogP contribution in [0.5, 0.6) is 11.5 Å². The predicted molar refractivity (Wildman–Crippen MR) is 115 cm³/mol. The summed E-state index contributed by atoms with van der Waals surface area (Å²) in [5.41, 5.74) is 1.95. The van der Waals surface area contributed by atoms with Gasteiger partial charge in [0.15, 0.2) is 5.75 Å². The number of carbonyl (C=O) groups excluding carboxylic acids is 2. The number of anilines is 1. The molecule has 3 aromatic carbocycles. The molecular formula is C23H21ClN2O3. The van der Waals surface area contributed by atoms with E-state index in [1.165, 1.54) is 0 Å². The smallest absolute Gasteiger partial charge is 0.251 e. The lowest BCUT2D eigenvalue weighted by atomic mass is 10.1. The SMILES string of the molecule is Cc1ccccc1C(=O)NCCC(=O)Nc1cc(Cl)ccc1Oc1ccccc1. The fraction of sp³-hybridized carbons (Fsp3) is 0.130. The van der Waals surface area contributed by atoms with Gasteiger partial charge >= 0.3 is 0 Å². The average Bonchev–Trinajstić information content (AvgIpc) is 2.71. The maximum Gasteiger partial charge on any atom is 0.251 e. The molecule has 0 saturated heterocycles. The van der Waals surface area contributed by atoms with Crippen molar-refractivity contribution in [2.45, 2.75) is 13.3 Å². The van der Waals surface area contributed by atoms with Gasteiger partial charge in [-0.15, -0.1) is 0 Å². The third-order valence-electron chi connectivity index (χ3n) is 4.21. The molecule has 0 aliphatic heterocycles. The molecule has 6 heteroatoms. The van der Waals surface area contributed by atoms with E-state index in [0.717, 1.165) is 5.56 Å². The van der Waals surface area contributed by atoms with Crippen LogP contribution in [-0.2, 0) is 4.79 Å². The molecule has 0 fully saturated rings. The number of hydrogen-bond acceptors (Lipinski definition) is 3. The molecule has 0 unspecified atom stereocenters. The van der Waals surface area contributed by atoms with E-state index in [1.807, 2.05) is 55.5 Å². The van der Waals surface area contributed by atoms with Crippen LogP contribution in [0.25, 0.3) is 0 Å². The zero-order chi connectivity index (χ0) is 20.6. The topological polar surface area (TPSA) is 67.4 Å². The first-order chi connectivity index (χ1) is 14.0. The minimum absolute atomic E-state index is 0.120. The van der Waals surface area contributed by atoms with Crippen molar-refractivity contribution in [2.24, 2.45) is 0 Å². The van der Waals surface area contributed by atoms with Crippen LogP contribution in [-0.4, -0.2) is 18.4 Å². The number of halogens is 1. The van der Waals surface area contributed by atoms with Crippen molar-refractivity contribution in [3.05, 3.63) is 88.9 Å². The summed E-state index contributed by atoms with van der Waals surface area (Å²) >= 11 is 6.07.